The van der Waals surface area contributed by atoms with Crippen LogP contribution in [-0.2, 0) is 0 Å². The monoisotopic (exact) mass is 428 g/mol. The number of hydrogen-bond acceptors (Lipinski definition) is 5. The number of allylic oxidation sites excluding steroid dienone is 1. The lowest BCUT2D eigenvalue weighted by molar-refractivity contribution is 0.331. The molecule has 0 aliphatic heterocycles. The Balaban J connectivity index is 1.50. The molecule has 1 fully saturated rings. The quantitative estimate of drug-likeness (QED) is 0.384. The molecule has 1 aliphatic carbocycles. The molecule has 0 saturated heterocycles. The summed E-state index contributed by atoms with van der Waals surface area (Å²) in [7, 11) is 0. The molecular formula is C27H32N4O. The summed E-state index contributed by atoms with van der Waals surface area (Å²) in [5.41, 5.74) is 9.46. The minimum Gasteiger partial charge on any atom is -0.457 e. The molecule has 3 aromatic rings. The summed E-state index contributed by atoms with van der Waals surface area (Å²) < 4.78 is 5.92. The lowest BCUT2D eigenvalue weighted by Gasteiger charge is -2.31. The zero-order valence-corrected chi connectivity index (χ0v) is 18.8. The van der Waals surface area contributed by atoms with E-state index in [0.717, 1.165) is 54.1 Å². The van der Waals surface area contributed by atoms with Crippen LogP contribution in [0.4, 0.5) is 11.6 Å². The number of nitrogens with one attached hydrogen (secondary N) is 1. The summed E-state index contributed by atoms with van der Waals surface area (Å²) in [5, 5.41) is 3.67. The van der Waals surface area contributed by atoms with Gasteiger partial charge in [0.05, 0.1) is 5.56 Å². The molecule has 2 atom stereocenters. The van der Waals surface area contributed by atoms with Gasteiger partial charge in [0.15, 0.2) is 0 Å². The topological polar surface area (TPSA) is 73.1 Å². The third-order valence-electron chi connectivity index (χ3n) is 6.20. The van der Waals surface area contributed by atoms with Gasteiger partial charge in [-0.1, -0.05) is 55.8 Å². The van der Waals surface area contributed by atoms with Crippen LogP contribution in [-0.4, -0.2) is 16.0 Å². The maximum Gasteiger partial charge on any atom is 0.139 e. The van der Waals surface area contributed by atoms with Gasteiger partial charge in [0.1, 0.15) is 29.5 Å². The van der Waals surface area contributed by atoms with Gasteiger partial charge in [-0.05, 0) is 67.9 Å². The van der Waals surface area contributed by atoms with Crippen LogP contribution in [0.25, 0.3) is 11.1 Å². The van der Waals surface area contributed by atoms with Crippen molar-refractivity contribution in [2.45, 2.75) is 51.5 Å². The Morgan fingerprint density at radius 2 is 1.81 bits per heavy atom. The maximum absolute atomic E-state index is 6.30. The third-order valence-corrected chi connectivity index (χ3v) is 6.20. The lowest BCUT2D eigenvalue weighted by atomic mass is 9.81. The average molecular weight is 429 g/mol. The molecule has 4 rings (SSSR count). The largest absolute Gasteiger partial charge is 0.457 e. The number of nitrogens with two attached hydrogens (primary N) is 1. The van der Waals surface area contributed by atoms with Crippen molar-refractivity contribution in [1.29, 1.82) is 0 Å². The second-order valence-electron chi connectivity index (χ2n) is 8.60. The number of benzene rings is 2. The summed E-state index contributed by atoms with van der Waals surface area (Å²) in [4.78, 5) is 8.80. The molecule has 0 radical (unpaired) electrons. The van der Waals surface area contributed by atoms with E-state index in [9.17, 15) is 0 Å². The molecule has 3 N–H and O–H groups in total. The molecule has 32 heavy (non-hydrogen) atoms. The van der Waals surface area contributed by atoms with Crippen LogP contribution in [0.2, 0.25) is 0 Å². The molecule has 5 heteroatoms. The molecule has 1 heterocycles. The van der Waals surface area contributed by atoms with Crippen molar-refractivity contribution >= 4 is 11.6 Å². The minimum atomic E-state index is 0.382. The number of aromatic nitrogens is 2. The maximum atomic E-state index is 6.30. The average Bonchev–Trinajstić information content (AvgIpc) is 2.81. The van der Waals surface area contributed by atoms with Crippen LogP contribution in [0.3, 0.4) is 0 Å². The van der Waals surface area contributed by atoms with Gasteiger partial charge in [-0.3, -0.25) is 0 Å². The normalized spacial score (nSPS) is 18.2. The molecule has 0 bridgehead atoms. The van der Waals surface area contributed by atoms with Gasteiger partial charge in [-0.15, -0.1) is 0 Å². The Bertz CT molecular complexity index is 1030. The van der Waals surface area contributed by atoms with Crippen LogP contribution in [0, 0.1) is 5.92 Å². The number of anilines is 2. The van der Waals surface area contributed by atoms with Crippen molar-refractivity contribution in [2.24, 2.45) is 5.92 Å². The summed E-state index contributed by atoms with van der Waals surface area (Å²) in [6, 6.07) is 18.1. The summed E-state index contributed by atoms with van der Waals surface area (Å²) >= 11 is 0. The lowest BCUT2D eigenvalue weighted by Crippen LogP contribution is -2.28. The Morgan fingerprint density at radius 1 is 1.06 bits per heavy atom. The second kappa shape index (κ2) is 10.3. The smallest absolute Gasteiger partial charge is 0.139 e. The van der Waals surface area contributed by atoms with Gasteiger partial charge >= 0.3 is 0 Å². The highest BCUT2D eigenvalue weighted by molar-refractivity contribution is 5.83. The highest BCUT2D eigenvalue weighted by Crippen LogP contribution is 2.36. The first-order chi connectivity index (χ1) is 15.6. The predicted molar refractivity (Wildman–Crippen MR) is 132 cm³/mol. The van der Waals surface area contributed by atoms with E-state index in [-0.39, 0.29) is 0 Å². The van der Waals surface area contributed by atoms with Crippen molar-refractivity contribution in [2.75, 3.05) is 11.1 Å². The highest BCUT2D eigenvalue weighted by Gasteiger charge is 2.24. The van der Waals surface area contributed by atoms with Gasteiger partial charge in [-0.25, -0.2) is 9.97 Å². The van der Waals surface area contributed by atoms with Crippen molar-refractivity contribution < 1.29 is 4.74 Å². The third kappa shape index (κ3) is 5.47. The van der Waals surface area contributed by atoms with Crippen LogP contribution >= 0.6 is 0 Å². The van der Waals surface area contributed by atoms with E-state index in [1.54, 1.807) is 0 Å². The van der Waals surface area contributed by atoms with Crippen LogP contribution in [0.5, 0.6) is 11.5 Å². The first kappa shape index (κ1) is 21.9. The highest BCUT2D eigenvalue weighted by atomic mass is 16.5. The fourth-order valence-electron chi connectivity index (χ4n) is 4.46. The molecule has 0 amide bonds. The van der Waals surface area contributed by atoms with Crippen molar-refractivity contribution in [3.8, 4) is 22.6 Å². The molecule has 2 aromatic carbocycles. The molecular weight excluding hydrogens is 396 g/mol. The van der Waals surface area contributed by atoms with Crippen molar-refractivity contribution in [3.63, 3.8) is 0 Å². The minimum absolute atomic E-state index is 0.382. The zero-order valence-electron chi connectivity index (χ0n) is 18.8. The van der Waals surface area contributed by atoms with Crippen LogP contribution < -0.4 is 15.8 Å². The summed E-state index contributed by atoms with van der Waals surface area (Å²) in [6.07, 6.45) is 8.49. The second-order valence-corrected chi connectivity index (χ2v) is 8.60. The first-order valence-corrected chi connectivity index (χ1v) is 11.5. The number of nitrogens with zero attached hydrogens (tertiary/aromatic N) is 2. The number of rotatable bonds is 8. The van der Waals surface area contributed by atoms with Gasteiger partial charge in [-0.2, -0.15) is 0 Å². The van der Waals surface area contributed by atoms with Gasteiger partial charge in [0, 0.05) is 6.04 Å². The molecule has 0 spiro atoms. The molecule has 1 saturated carbocycles. The summed E-state index contributed by atoms with van der Waals surface area (Å²) in [5.74, 6) is 3.55. The SMILES string of the molecule is C=C(CC)C[C@@H]1CCCC(Nc2ncnc(N)c2-c2ccc(Oc3ccccc3)cc2)C1. The molecule has 5 nitrogen and oxygen atoms in total. The Kier molecular flexibility index (Phi) is 7.05. The van der Waals surface area contributed by atoms with Crippen molar-refractivity contribution in [1.82, 2.24) is 9.97 Å². The predicted octanol–water partition coefficient (Wildman–Crippen LogP) is 6.85. The fourth-order valence-corrected chi connectivity index (χ4v) is 4.46. The number of para-hydroxylation sites is 1. The van der Waals surface area contributed by atoms with Crippen molar-refractivity contribution in [3.05, 3.63) is 73.1 Å². The molecule has 1 unspecified atom stereocenters. The molecule has 166 valence electrons. The van der Waals surface area contributed by atoms with E-state index >= 15 is 0 Å². The number of hydrogen-bond donors (Lipinski definition) is 2. The van der Waals surface area contributed by atoms with E-state index in [4.69, 9.17) is 10.5 Å². The van der Waals surface area contributed by atoms with Crippen LogP contribution in [0.15, 0.2) is 73.1 Å². The van der Waals surface area contributed by atoms with E-state index in [2.05, 4.69) is 28.8 Å². The van der Waals surface area contributed by atoms with Gasteiger partial charge in [0.25, 0.3) is 0 Å². The molecule has 1 aliphatic rings. The Morgan fingerprint density at radius 3 is 2.56 bits per heavy atom. The van der Waals surface area contributed by atoms with E-state index < -0.39 is 0 Å². The van der Waals surface area contributed by atoms with E-state index in [1.165, 1.54) is 24.7 Å². The van der Waals surface area contributed by atoms with Crippen LogP contribution in [0.1, 0.15) is 45.4 Å². The first-order valence-electron chi connectivity index (χ1n) is 11.5. The Hall–Kier alpha value is -3.34. The van der Waals surface area contributed by atoms with Gasteiger partial charge < -0.3 is 15.8 Å². The Labute approximate surface area is 190 Å². The number of ether oxygens (including phenoxy) is 1. The number of nitrogen functional groups attached to an aromatic ring is 1. The van der Waals surface area contributed by atoms with E-state index in [0.29, 0.717) is 17.8 Å². The zero-order chi connectivity index (χ0) is 22.3. The van der Waals surface area contributed by atoms with Gasteiger partial charge in [0.2, 0.25) is 0 Å². The standard InChI is InChI=1S/C27H32N4O/c1-3-19(2)16-20-8-7-9-22(17-20)31-27-25(26(28)29-18-30-27)21-12-14-24(15-13-21)32-23-10-5-4-6-11-23/h4-6,10-15,18,20,22H,2-3,7-9,16-17H2,1H3,(H3,28,29,30,31)/t20-,22?/m0/s1. The summed E-state index contributed by atoms with van der Waals surface area (Å²) in [6.45, 7) is 6.39. The molecule has 1 aromatic heterocycles. The van der Waals surface area contributed by atoms with E-state index in [1.807, 2.05) is 54.6 Å². The fraction of sp³-hybridized carbons (Fsp3) is 0.333.